The van der Waals surface area contributed by atoms with E-state index in [1.807, 2.05) is 21.7 Å². The molecule has 2 aromatic heterocycles. The van der Waals surface area contributed by atoms with Gasteiger partial charge in [-0.05, 0) is 24.3 Å². The predicted molar refractivity (Wildman–Crippen MR) is 84.9 cm³/mol. The summed E-state index contributed by atoms with van der Waals surface area (Å²) in [4.78, 5) is 15.1. The first-order valence-corrected chi connectivity index (χ1v) is 8.77. The van der Waals surface area contributed by atoms with Crippen molar-refractivity contribution in [2.24, 2.45) is 0 Å². The Morgan fingerprint density at radius 2 is 2.32 bits per heavy atom. The summed E-state index contributed by atoms with van der Waals surface area (Å²) in [6.45, 7) is 1.31. The number of H-pyrrole nitrogens is 1. The number of ether oxygens (including phenoxy) is 1. The van der Waals surface area contributed by atoms with Crippen LogP contribution in [0.5, 0.6) is 0 Å². The zero-order valence-electron chi connectivity index (χ0n) is 12.3. The maximum atomic E-state index is 13.0. The number of carbonyl (C=O) groups is 1. The Labute approximate surface area is 133 Å². The van der Waals surface area contributed by atoms with E-state index < -0.39 is 0 Å². The van der Waals surface area contributed by atoms with Crippen LogP contribution in [-0.4, -0.2) is 46.3 Å². The molecule has 116 valence electrons. The minimum atomic E-state index is 0.0788. The molecule has 2 aromatic rings. The summed E-state index contributed by atoms with van der Waals surface area (Å²) in [5, 5.41) is 11.1. The Bertz CT molecular complexity index is 650. The van der Waals surface area contributed by atoms with E-state index in [2.05, 4.69) is 10.2 Å². The monoisotopic (exact) mass is 317 g/mol. The van der Waals surface area contributed by atoms with E-state index in [0.29, 0.717) is 18.7 Å². The molecule has 2 fully saturated rings. The minimum absolute atomic E-state index is 0.0788. The number of fused-ring (bicyclic) bond motifs is 1. The maximum Gasteiger partial charge on any atom is 0.258 e. The zero-order valence-corrected chi connectivity index (χ0v) is 13.1. The van der Waals surface area contributed by atoms with Gasteiger partial charge in [-0.15, -0.1) is 0 Å². The molecule has 1 aliphatic carbocycles. The molecule has 1 aliphatic heterocycles. The zero-order chi connectivity index (χ0) is 14.9. The van der Waals surface area contributed by atoms with Gasteiger partial charge in [-0.2, -0.15) is 16.4 Å². The van der Waals surface area contributed by atoms with Gasteiger partial charge in [-0.3, -0.25) is 9.89 Å². The van der Waals surface area contributed by atoms with E-state index in [1.54, 1.807) is 17.5 Å². The molecule has 0 aromatic carbocycles. The summed E-state index contributed by atoms with van der Waals surface area (Å²) in [6.07, 6.45) is 6.36. The van der Waals surface area contributed by atoms with Crippen LogP contribution in [0.2, 0.25) is 0 Å². The van der Waals surface area contributed by atoms with Crippen molar-refractivity contribution in [1.29, 1.82) is 0 Å². The average molecular weight is 317 g/mol. The Kier molecular flexibility index (Phi) is 3.72. The van der Waals surface area contributed by atoms with Crippen LogP contribution < -0.4 is 0 Å². The van der Waals surface area contributed by atoms with Crippen molar-refractivity contribution in [3.63, 3.8) is 0 Å². The Hall–Kier alpha value is -1.66. The van der Waals surface area contributed by atoms with Crippen molar-refractivity contribution < 1.29 is 9.53 Å². The Morgan fingerprint density at radius 1 is 1.41 bits per heavy atom. The lowest BCUT2D eigenvalue weighted by atomic mass is 9.89. The lowest BCUT2D eigenvalue weighted by Crippen LogP contribution is -2.54. The quantitative estimate of drug-likeness (QED) is 0.926. The summed E-state index contributed by atoms with van der Waals surface area (Å²) in [5.74, 6) is 0.0788. The number of hydrogen-bond donors (Lipinski definition) is 1. The minimum Gasteiger partial charge on any atom is -0.374 e. The van der Waals surface area contributed by atoms with Crippen molar-refractivity contribution in [2.45, 2.75) is 37.8 Å². The van der Waals surface area contributed by atoms with Gasteiger partial charge < -0.3 is 9.64 Å². The summed E-state index contributed by atoms with van der Waals surface area (Å²) < 4.78 is 5.87. The molecule has 5 nitrogen and oxygen atoms in total. The van der Waals surface area contributed by atoms with Gasteiger partial charge in [-0.25, -0.2) is 0 Å². The SMILES string of the molecule is O=C(c1cn[nH]c1-c1ccsc1)N1CCO[C@@H]2CCCC[C@H]21. The molecule has 4 rings (SSSR count). The standard InChI is InChI=1S/C16H19N3O2S/c20-16(12-9-17-18-15(12)11-5-8-22-10-11)19-6-7-21-14-4-2-1-3-13(14)19/h5,8-10,13-14H,1-4,6-7H2,(H,17,18)/t13-,14-/m1/s1. The number of nitrogens with one attached hydrogen (secondary N) is 1. The van der Waals surface area contributed by atoms with Crippen molar-refractivity contribution in [3.05, 3.63) is 28.6 Å². The van der Waals surface area contributed by atoms with Crippen LogP contribution in [0.4, 0.5) is 0 Å². The van der Waals surface area contributed by atoms with Crippen molar-refractivity contribution in [3.8, 4) is 11.3 Å². The highest BCUT2D eigenvalue weighted by Crippen LogP contribution is 2.31. The molecule has 6 heteroatoms. The molecule has 1 amide bonds. The number of carbonyl (C=O) groups excluding carboxylic acids is 1. The fourth-order valence-electron chi connectivity index (χ4n) is 3.58. The number of amides is 1. The fraction of sp³-hybridized carbons (Fsp3) is 0.500. The largest absolute Gasteiger partial charge is 0.374 e. The number of aromatic amines is 1. The first-order chi connectivity index (χ1) is 10.8. The van der Waals surface area contributed by atoms with Gasteiger partial charge in [0, 0.05) is 17.5 Å². The third-order valence-electron chi connectivity index (χ3n) is 4.67. The molecule has 1 saturated carbocycles. The van der Waals surface area contributed by atoms with Gasteiger partial charge in [-0.1, -0.05) is 12.8 Å². The molecule has 2 aliphatic rings. The highest BCUT2D eigenvalue weighted by molar-refractivity contribution is 7.08. The first-order valence-electron chi connectivity index (χ1n) is 7.83. The second-order valence-electron chi connectivity index (χ2n) is 5.93. The normalized spacial score (nSPS) is 25.0. The molecule has 2 atom stereocenters. The molecular formula is C16H19N3O2S. The van der Waals surface area contributed by atoms with E-state index in [1.165, 1.54) is 12.8 Å². The first kappa shape index (κ1) is 14.0. The van der Waals surface area contributed by atoms with Crippen molar-refractivity contribution >= 4 is 17.2 Å². The molecule has 1 saturated heterocycles. The summed E-state index contributed by atoms with van der Waals surface area (Å²) in [5.41, 5.74) is 2.52. The molecule has 1 N–H and O–H groups in total. The predicted octanol–water partition coefficient (Wildman–Crippen LogP) is 2.92. The van der Waals surface area contributed by atoms with Crippen LogP contribution in [0, 0.1) is 0 Å². The topological polar surface area (TPSA) is 58.2 Å². The van der Waals surface area contributed by atoms with Crippen LogP contribution in [0.1, 0.15) is 36.0 Å². The molecular weight excluding hydrogens is 298 g/mol. The highest BCUT2D eigenvalue weighted by Gasteiger charge is 2.37. The van der Waals surface area contributed by atoms with Crippen molar-refractivity contribution in [2.75, 3.05) is 13.2 Å². The molecule has 0 bridgehead atoms. The lowest BCUT2D eigenvalue weighted by Gasteiger charge is -2.43. The second kappa shape index (κ2) is 5.85. The Balaban J connectivity index is 1.63. The van der Waals surface area contributed by atoms with E-state index in [0.717, 1.165) is 24.1 Å². The average Bonchev–Trinajstić information content (AvgIpc) is 3.24. The number of thiophene rings is 1. The van der Waals surface area contributed by atoms with Crippen LogP contribution in [0.3, 0.4) is 0 Å². The molecule has 0 unspecified atom stereocenters. The van der Waals surface area contributed by atoms with E-state index >= 15 is 0 Å². The molecule has 0 radical (unpaired) electrons. The van der Waals surface area contributed by atoms with Crippen molar-refractivity contribution in [1.82, 2.24) is 15.1 Å². The van der Waals surface area contributed by atoms with Gasteiger partial charge in [0.05, 0.1) is 36.2 Å². The third kappa shape index (κ3) is 2.36. The van der Waals surface area contributed by atoms with Crippen LogP contribution in [0.15, 0.2) is 23.0 Å². The molecule has 22 heavy (non-hydrogen) atoms. The maximum absolute atomic E-state index is 13.0. The molecule has 3 heterocycles. The smallest absolute Gasteiger partial charge is 0.258 e. The van der Waals surface area contributed by atoms with E-state index in [-0.39, 0.29) is 18.1 Å². The molecule has 0 spiro atoms. The van der Waals surface area contributed by atoms with Crippen LogP contribution >= 0.6 is 11.3 Å². The van der Waals surface area contributed by atoms with E-state index in [9.17, 15) is 4.79 Å². The third-order valence-corrected chi connectivity index (χ3v) is 5.36. The van der Waals surface area contributed by atoms with Gasteiger partial charge in [0.1, 0.15) is 0 Å². The van der Waals surface area contributed by atoms with Gasteiger partial charge >= 0.3 is 0 Å². The highest BCUT2D eigenvalue weighted by atomic mass is 32.1. The van der Waals surface area contributed by atoms with Crippen LogP contribution in [-0.2, 0) is 4.74 Å². The Morgan fingerprint density at radius 3 is 3.18 bits per heavy atom. The van der Waals surface area contributed by atoms with Crippen LogP contribution in [0.25, 0.3) is 11.3 Å². The summed E-state index contributed by atoms with van der Waals surface area (Å²) in [6, 6.07) is 2.23. The van der Waals surface area contributed by atoms with Gasteiger partial charge in [0.25, 0.3) is 5.91 Å². The number of rotatable bonds is 2. The number of aromatic nitrogens is 2. The van der Waals surface area contributed by atoms with Gasteiger partial charge in [0.2, 0.25) is 0 Å². The number of hydrogen-bond acceptors (Lipinski definition) is 4. The second-order valence-corrected chi connectivity index (χ2v) is 6.71. The summed E-state index contributed by atoms with van der Waals surface area (Å²) >= 11 is 1.62. The van der Waals surface area contributed by atoms with Gasteiger partial charge in [0.15, 0.2) is 0 Å². The van der Waals surface area contributed by atoms with E-state index in [4.69, 9.17) is 4.74 Å². The number of nitrogens with zero attached hydrogens (tertiary/aromatic N) is 2. The summed E-state index contributed by atoms with van der Waals surface area (Å²) in [7, 11) is 0. The fourth-order valence-corrected chi connectivity index (χ4v) is 4.23. The number of morpholine rings is 1. The lowest BCUT2D eigenvalue weighted by molar-refractivity contribution is -0.0752.